The Morgan fingerprint density at radius 2 is 1.92 bits per heavy atom. The zero-order valence-corrected chi connectivity index (χ0v) is 16.2. The number of ether oxygens (including phenoxy) is 1. The fourth-order valence-corrected chi connectivity index (χ4v) is 3.92. The minimum absolute atomic E-state index is 0.738. The van der Waals surface area contributed by atoms with Gasteiger partial charge in [0.2, 0.25) is 0 Å². The molecule has 0 spiro atoms. The third kappa shape index (κ3) is 4.17. The average Bonchev–Trinajstić information content (AvgIpc) is 2.61. The summed E-state index contributed by atoms with van der Waals surface area (Å²) in [5, 5.41) is 4.25. The first-order valence-electron chi connectivity index (χ1n) is 8.28. The van der Waals surface area contributed by atoms with Crippen LogP contribution >= 0.6 is 27.5 Å². The Morgan fingerprint density at radius 1 is 1.12 bits per heavy atom. The van der Waals surface area contributed by atoms with Gasteiger partial charge in [0.25, 0.3) is 0 Å². The van der Waals surface area contributed by atoms with Gasteiger partial charge in [0.05, 0.1) is 22.3 Å². The Labute approximate surface area is 157 Å². The lowest BCUT2D eigenvalue weighted by molar-refractivity contribution is 0.412. The highest BCUT2D eigenvalue weighted by Crippen LogP contribution is 2.31. The maximum atomic E-state index is 6.50. The van der Waals surface area contributed by atoms with Crippen LogP contribution in [0.2, 0.25) is 5.02 Å². The van der Waals surface area contributed by atoms with Crippen molar-refractivity contribution in [2.24, 2.45) is 0 Å². The van der Waals surface area contributed by atoms with E-state index in [1.165, 1.54) is 24.8 Å². The molecule has 0 radical (unpaired) electrons. The molecule has 3 rings (SSSR count). The van der Waals surface area contributed by atoms with Crippen molar-refractivity contribution in [2.75, 3.05) is 30.4 Å². The van der Waals surface area contributed by atoms with Crippen molar-refractivity contribution in [1.82, 2.24) is 0 Å². The molecule has 0 bridgehead atoms. The minimum atomic E-state index is 0.738. The van der Waals surface area contributed by atoms with Crippen molar-refractivity contribution in [1.29, 1.82) is 0 Å². The fourth-order valence-electron chi connectivity index (χ4n) is 3.03. The topological polar surface area (TPSA) is 24.5 Å². The molecule has 0 saturated carbocycles. The summed E-state index contributed by atoms with van der Waals surface area (Å²) in [6.07, 6.45) is 3.83. The first-order chi connectivity index (χ1) is 11.7. The van der Waals surface area contributed by atoms with Gasteiger partial charge in [-0.15, -0.1) is 0 Å². The molecule has 0 aromatic heterocycles. The molecule has 1 aliphatic rings. The average molecular weight is 410 g/mol. The monoisotopic (exact) mass is 408 g/mol. The van der Waals surface area contributed by atoms with Gasteiger partial charge in [-0.1, -0.05) is 17.7 Å². The molecule has 1 N–H and O–H groups in total. The molecule has 5 heteroatoms. The Hall–Kier alpha value is -1.39. The summed E-state index contributed by atoms with van der Waals surface area (Å²) in [5.74, 6) is 0.840. The number of methoxy groups -OCH3 is 1. The van der Waals surface area contributed by atoms with Crippen LogP contribution in [0.5, 0.6) is 5.75 Å². The van der Waals surface area contributed by atoms with Gasteiger partial charge in [0, 0.05) is 25.3 Å². The lowest BCUT2D eigenvalue weighted by atomic mass is 10.1. The maximum Gasteiger partial charge on any atom is 0.133 e. The molecule has 24 heavy (non-hydrogen) atoms. The number of halogens is 2. The molecule has 1 saturated heterocycles. The summed E-state index contributed by atoms with van der Waals surface area (Å²) in [6, 6.07) is 12.3. The quantitative estimate of drug-likeness (QED) is 0.684. The van der Waals surface area contributed by atoms with E-state index in [1.807, 2.05) is 12.1 Å². The van der Waals surface area contributed by atoms with E-state index < -0.39 is 0 Å². The van der Waals surface area contributed by atoms with Crippen molar-refractivity contribution >= 4 is 38.9 Å². The number of hydrogen-bond acceptors (Lipinski definition) is 3. The van der Waals surface area contributed by atoms with Crippen LogP contribution in [0.4, 0.5) is 11.4 Å². The second-order valence-corrected chi connectivity index (χ2v) is 7.30. The number of piperidine rings is 1. The molecule has 0 atom stereocenters. The van der Waals surface area contributed by atoms with Crippen LogP contribution in [0.1, 0.15) is 24.8 Å². The van der Waals surface area contributed by atoms with E-state index in [4.69, 9.17) is 16.3 Å². The summed E-state index contributed by atoms with van der Waals surface area (Å²) in [4.78, 5) is 2.39. The zero-order chi connectivity index (χ0) is 16.9. The second-order valence-electron chi connectivity index (χ2n) is 6.04. The van der Waals surface area contributed by atoms with Crippen molar-refractivity contribution in [2.45, 2.75) is 25.8 Å². The number of rotatable bonds is 5. The van der Waals surface area contributed by atoms with E-state index in [-0.39, 0.29) is 0 Å². The third-order valence-corrected chi connectivity index (χ3v) is 5.28. The van der Waals surface area contributed by atoms with Gasteiger partial charge in [-0.25, -0.2) is 0 Å². The van der Waals surface area contributed by atoms with Crippen LogP contribution in [0, 0.1) is 0 Å². The predicted molar refractivity (Wildman–Crippen MR) is 106 cm³/mol. The summed E-state index contributed by atoms with van der Waals surface area (Å²) in [7, 11) is 1.67. The molecule has 1 heterocycles. The molecule has 1 aliphatic heterocycles. The van der Waals surface area contributed by atoms with E-state index in [1.54, 1.807) is 7.11 Å². The molecule has 0 amide bonds. The molecule has 3 nitrogen and oxygen atoms in total. The lowest BCUT2D eigenvalue weighted by Crippen LogP contribution is -2.29. The highest BCUT2D eigenvalue weighted by Gasteiger charge is 2.14. The number of benzene rings is 2. The van der Waals surface area contributed by atoms with Crippen molar-refractivity contribution in [3.63, 3.8) is 0 Å². The first-order valence-corrected chi connectivity index (χ1v) is 9.45. The van der Waals surface area contributed by atoms with Gasteiger partial charge in [0.15, 0.2) is 0 Å². The third-order valence-electron chi connectivity index (χ3n) is 4.36. The first kappa shape index (κ1) is 17.4. The number of nitrogens with one attached hydrogen (secondary N) is 1. The minimum Gasteiger partial charge on any atom is -0.496 e. The highest BCUT2D eigenvalue weighted by atomic mass is 79.9. The summed E-state index contributed by atoms with van der Waals surface area (Å²) in [5.41, 5.74) is 3.36. The lowest BCUT2D eigenvalue weighted by Gasteiger charge is -2.29. The normalized spacial score (nSPS) is 14.5. The van der Waals surface area contributed by atoms with E-state index in [0.29, 0.717) is 0 Å². The van der Waals surface area contributed by atoms with Gasteiger partial charge in [0.1, 0.15) is 5.75 Å². The number of anilines is 2. The Bertz CT molecular complexity index is 702. The molecule has 0 unspecified atom stereocenters. The van der Waals surface area contributed by atoms with Gasteiger partial charge in [-0.2, -0.15) is 0 Å². The molecule has 2 aromatic rings. The van der Waals surface area contributed by atoms with Gasteiger partial charge < -0.3 is 15.0 Å². The zero-order valence-electron chi connectivity index (χ0n) is 13.8. The van der Waals surface area contributed by atoms with Crippen molar-refractivity contribution < 1.29 is 4.74 Å². The standard InChI is InChI=1S/C19H22BrClN2O/c1-24-19-8-5-14(11-16(19)20)13-22-15-6-7-18(17(21)12-15)23-9-3-2-4-10-23/h5-8,11-12,22H,2-4,9-10,13H2,1H3. The highest BCUT2D eigenvalue weighted by molar-refractivity contribution is 9.10. The summed E-state index contributed by atoms with van der Waals surface area (Å²) < 4.78 is 6.22. The van der Waals surface area contributed by atoms with Crippen molar-refractivity contribution in [3.8, 4) is 5.75 Å². The number of hydrogen-bond donors (Lipinski definition) is 1. The second kappa shape index (κ2) is 8.13. The van der Waals surface area contributed by atoms with Crippen molar-refractivity contribution in [3.05, 3.63) is 51.5 Å². The van der Waals surface area contributed by atoms with E-state index >= 15 is 0 Å². The largest absolute Gasteiger partial charge is 0.496 e. The van der Waals surface area contributed by atoms with E-state index in [0.717, 1.165) is 46.3 Å². The smallest absolute Gasteiger partial charge is 0.133 e. The molecular formula is C19H22BrClN2O. The molecule has 2 aromatic carbocycles. The maximum absolute atomic E-state index is 6.50. The van der Waals surface area contributed by atoms with Crippen LogP contribution < -0.4 is 15.0 Å². The Morgan fingerprint density at radius 3 is 2.58 bits per heavy atom. The van der Waals surface area contributed by atoms with Crippen LogP contribution in [0.25, 0.3) is 0 Å². The van der Waals surface area contributed by atoms with Gasteiger partial charge >= 0.3 is 0 Å². The number of nitrogens with zero attached hydrogens (tertiary/aromatic N) is 1. The van der Waals surface area contributed by atoms with Crippen LogP contribution in [-0.2, 0) is 6.54 Å². The van der Waals surface area contributed by atoms with Crippen LogP contribution in [0.15, 0.2) is 40.9 Å². The SMILES string of the molecule is COc1ccc(CNc2ccc(N3CCCCC3)c(Cl)c2)cc1Br. The van der Waals surface area contributed by atoms with Crippen LogP contribution in [-0.4, -0.2) is 20.2 Å². The molecular weight excluding hydrogens is 388 g/mol. The van der Waals surface area contributed by atoms with E-state index in [9.17, 15) is 0 Å². The molecule has 128 valence electrons. The van der Waals surface area contributed by atoms with Gasteiger partial charge in [-0.3, -0.25) is 0 Å². The Kier molecular flexibility index (Phi) is 5.90. The van der Waals surface area contributed by atoms with Gasteiger partial charge in [-0.05, 0) is 71.1 Å². The molecule has 1 fully saturated rings. The van der Waals surface area contributed by atoms with E-state index in [2.05, 4.69) is 50.4 Å². The fraction of sp³-hybridized carbons (Fsp3) is 0.368. The van der Waals surface area contributed by atoms with Crippen LogP contribution in [0.3, 0.4) is 0 Å². The predicted octanol–water partition coefficient (Wildman–Crippen LogP) is 5.71. The Balaban J connectivity index is 1.65. The molecule has 0 aliphatic carbocycles. The summed E-state index contributed by atoms with van der Waals surface area (Å²) >= 11 is 10.0. The summed E-state index contributed by atoms with van der Waals surface area (Å²) in [6.45, 7) is 2.95.